The van der Waals surface area contributed by atoms with Crippen LogP contribution in [0, 0.1) is 0 Å². The number of allylic oxidation sites excluding steroid dienone is 2. The fourth-order valence-electron chi connectivity index (χ4n) is 2.87. The van der Waals surface area contributed by atoms with E-state index in [0.29, 0.717) is 10.7 Å². The van der Waals surface area contributed by atoms with E-state index in [4.69, 9.17) is 23.2 Å². The number of amides is 1. The van der Waals surface area contributed by atoms with Gasteiger partial charge < -0.3 is 5.32 Å². The third kappa shape index (κ3) is 4.11. The van der Waals surface area contributed by atoms with Crippen molar-refractivity contribution in [2.75, 3.05) is 11.6 Å². The Morgan fingerprint density at radius 2 is 1.85 bits per heavy atom. The predicted molar refractivity (Wildman–Crippen MR) is 106 cm³/mol. The number of hydrogen-bond donors (Lipinski definition) is 1. The minimum Gasteiger partial charge on any atom is -0.322 e. The molecule has 2 aromatic carbocycles. The first-order valence-corrected chi connectivity index (χ1v) is 10.7. The molecule has 0 unspecified atom stereocenters. The normalized spacial score (nSPS) is 14.2. The Hall–Kier alpha value is -1.82. The Labute approximate surface area is 162 Å². The molecule has 0 aromatic heterocycles. The lowest BCUT2D eigenvalue weighted by molar-refractivity contribution is 0.102. The van der Waals surface area contributed by atoms with Crippen LogP contribution in [0.25, 0.3) is 5.57 Å². The zero-order chi connectivity index (χ0) is 18.9. The summed E-state index contributed by atoms with van der Waals surface area (Å²) in [6.45, 7) is 0. The van der Waals surface area contributed by atoms with Gasteiger partial charge in [-0.2, -0.15) is 0 Å². The van der Waals surface area contributed by atoms with E-state index in [0.717, 1.165) is 31.1 Å². The molecule has 2 aromatic rings. The maximum Gasteiger partial charge on any atom is 0.257 e. The molecule has 1 aliphatic carbocycles. The maximum absolute atomic E-state index is 12.5. The zero-order valence-corrected chi connectivity index (χ0v) is 16.4. The molecule has 0 aliphatic heterocycles. The summed E-state index contributed by atoms with van der Waals surface area (Å²) >= 11 is 12.4. The lowest BCUT2D eigenvalue weighted by Crippen LogP contribution is -2.13. The molecule has 1 amide bonds. The second kappa shape index (κ2) is 7.43. The van der Waals surface area contributed by atoms with Gasteiger partial charge in [0.15, 0.2) is 9.84 Å². The van der Waals surface area contributed by atoms with E-state index in [2.05, 4.69) is 11.4 Å². The van der Waals surface area contributed by atoms with Gasteiger partial charge in [0.05, 0.1) is 15.5 Å². The molecule has 136 valence electrons. The average molecular weight is 410 g/mol. The Morgan fingerprint density at radius 3 is 2.46 bits per heavy atom. The lowest BCUT2D eigenvalue weighted by Gasteiger charge is -2.11. The van der Waals surface area contributed by atoms with Crippen LogP contribution < -0.4 is 5.32 Å². The molecule has 1 N–H and O–H groups in total. The van der Waals surface area contributed by atoms with E-state index in [1.165, 1.54) is 23.8 Å². The molecule has 0 spiro atoms. The molecule has 3 rings (SSSR count). The van der Waals surface area contributed by atoms with Gasteiger partial charge in [0.25, 0.3) is 5.91 Å². The van der Waals surface area contributed by atoms with E-state index in [9.17, 15) is 13.2 Å². The largest absolute Gasteiger partial charge is 0.322 e. The topological polar surface area (TPSA) is 63.2 Å². The second-order valence-corrected chi connectivity index (χ2v) is 9.01. The van der Waals surface area contributed by atoms with E-state index < -0.39 is 15.7 Å². The van der Waals surface area contributed by atoms with Crippen LogP contribution in [-0.2, 0) is 9.84 Å². The molecule has 0 fully saturated rings. The van der Waals surface area contributed by atoms with Crippen molar-refractivity contribution >= 4 is 50.2 Å². The first kappa shape index (κ1) is 19.0. The Balaban J connectivity index is 1.85. The average Bonchev–Trinajstić information content (AvgIpc) is 3.10. The summed E-state index contributed by atoms with van der Waals surface area (Å²) in [7, 11) is -3.38. The number of sulfone groups is 1. The number of anilines is 1. The Kier molecular flexibility index (Phi) is 5.42. The number of halogens is 2. The molecular weight excluding hydrogens is 393 g/mol. The maximum atomic E-state index is 12.5. The molecule has 7 heteroatoms. The summed E-state index contributed by atoms with van der Waals surface area (Å²) in [5.74, 6) is -0.413. The molecule has 0 heterocycles. The van der Waals surface area contributed by atoms with Crippen LogP contribution in [0.3, 0.4) is 0 Å². The minimum atomic E-state index is -3.38. The van der Waals surface area contributed by atoms with Crippen molar-refractivity contribution < 1.29 is 13.2 Å². The summed E-state index contributed by atoms with van der Waals surface area (Å²) in [6.07, 6.45) is 6.35. The van der Waals surface area contributed by atoms with Crippen molar-refractivity contribution in [2.24, 2.45) is 0 Å². The number of carbonyl (C=O) groups is 1. The number of rotatable bonds is 4. The minimum absolute atomic E-state index is 0.0704. The Bertz CT molecular complexity index is 1010. The Morgan fingerprint density at radius 1 is 1.08 bits per heavy atom. The summed E-state index contributed by atoms with van der Waals surface area (Å²) in [6, 6.07) is 9.37. The van der Waals surface area contributed by atoms with E-state index in [-0.39, 0.29) is 15.5 Å². The van der Waals surface area contributed by atoms with Crippen molar-refractivity contribution in [2.45, 2.75) is 24.2 Å². The van der Waals surface area contributed by atoms with Crippen molar-refractivity contribution in [3.8, 4) is 0 Å². The molecule has 26 heavy (non-hydrogen) atoms. The molecular formula is C19H17Cl2NO3S. The summed E-state index contributed by atoms with van der Waals surface area (Å²) < 4.78 is 23.2. The van der Waals surface area contributed by atoms with Gasteiger partial charge in [-0.15, -0.1) is 0 Å². The van der Waals surface area contributed by atoms with E-state index >= 15 is 0 Å². The van der Waals surface area contributed by atoms with Crippen molar-refractivity contribution in [1.82, 2.24) is 0 Å². The van der Waals surface area contributed by atoms with Crippen molar-refractivity contribution in [1.29, 1.82) is 0 Å². The third-order valence-electron chi connectivity index (χ3n) is 4.22. The van der Waals surface area contributed by atoms with Gasteiger partial charge in [0, 0.05) is 17.0 Å². The predicted octanol–water partition coefficient (Wildman–Crippen LogP) is 5.22. The third-order valence-corrected chi connectivity index (χ3v) is 5.98. The molecule has 1 aliphatic rings. The van der Waals surface area contributed by atoms with Crippen LogP contribution in [0.1, 0.15) is 35.2 Å². The fourth-order valence-corrected chi connectivity index (χ4v) is 4.09. The van der Waals surface area contributed by atoms with Crippen LogP contribution >= 0.6 is 23.2 Å². The second-order valence-electron chi connectivity index (χ2n) is 6.18. The van der Waals surface area contributed by atoms with Crippen LogP contribution in [0.2, 0.25) is 10.0 Å². The first-order valence-electron chi connectivity index (χ1n) is 8.05. The van der Waals surface area contributed by atoms with Gasteiger partial charge in [-0.3, -0.25) is 4.79 Å². The molecule has 0 bridgehead atoms. The number of nitrogens with one attached hydrogen (secondary N) is 1. The van der Waals surface area contributed by atoms with Gasteiger partial charge in [-0.25, -0.2) is 8.42 Å². The van der Waals surface area contributed by atoms with Gasteiger partial charge in [-0.1, -0.05) is 29.3 Å². The quantitative estimate of drug-likeness (QED) is 0.752. The highest BCUT2D eigenvalue weighted by molar-refractivity contribution is 7.90. The van der Waals surface area contributed by atoms with Crippen molar-refractivity contribution in [3.63, 3.8) is 0 Å². The fraction of sp³-hybridized carbons (Fsp3) is 0.211. The SMILES string of the molecule is CS(=O)(=O)c1ccc(C(=O)Nc2ccc(Cl)c(C3=CCCC3)c2)c(Cl)c1. The smallest absolute Gasteiger partial charge is 0.257 e. The summed E-state index contributed by atoms with van der Waals surface area (Å²) in [4.78, 5) is 12.6. The van der Waals surface area contributed by atoms with Crippen molar-refractivity contribution in [3.05, 3.63) is 63.6 Å². The summed E-state index contributed by atoms with van der Waals surface area (Å²) in [5, 5.41) is 3.52. The molecule has 0 saturated carbocycles. The van der Waals surface area contributed by atoms with Gasteiger partial charge >= 0.3 is 0 Å². The highest BCUT2D eigenvalue weighted by atomic mass is 35.5. The highest BCUT2D eigenvalue weighted by Gasteiger charge is 2.16. The molecule has 0 saturated heterocycles. The highest BCUT2D eigenvalue weighted by Crippen LogP contribution is 2.34. The number of carbonyl (C=O) groups excluding carboxylic acids is 1. The molecule has 0 radical (unpaired) electrons. The number of hydrogen-bond acceptors (Lipinski definition) is 3. The zero-order valence-electron chi connectivity index (χ0n) is 14.1. The van der Waals surface area contributed by atoms with E-state index in [1.54, 1.807) is 12.1 Å². The van der Waals surface area contributed by atoms with Gasteiger partial charge in [0.1, 0.15) is 0 Å². The first-order chi connectivity index (χ1) is 12.3. The monoisotopic (exact) mass is 409 g/mol. The summed E-state index contributed by atoms with van der Waals surface area (Å²) in [5.41, 5.74) is 2.91. The van der Waals surface area contributed by atoms with Gasteiger partial charge in [-0.05, 0) is 66.8 Å². The van der Waals surface area contributed by atoms with Gasteiger partial charge in [0.2, 0.25) is 0 Å². The van der Waals surface area contributed by atoms with Crippen LogP contribution in [0.4, 0.5) is 5.69 Å². The van der Waals surface area contributed by atoms with E-state index in [1.807, 2.05) is 6.07 Å². The molecule has 0 atom stereocenters. The van der Waals surface area contributed by atoms with Crippen LogP contribution in [0.15, 0.2) is 47.4 Å². The molecule has 4 nitrogen and oxygen atoms in total. The van der Waals surface area contributed by atoms with Crippen LogP contribution in [0.5, 0.6) is 0 Å². The standard InChI is InChI=1S/C19H17Cl2NO3S/c1-26(24,25)14-7-8-15(18(21)11-14)19(23)22-13-6-9-17(20)16(10-13)12-4-2-3-5-12/h4,6-11H,2-3,5H2,1H3,(H,22,23). The lowest BCUT2D eigenvalue weighted by atomic mass is 10.0. The van der Waals surface area contributed by atoms with Crippen LogP contribution in [-0.4, -0.2) is 20.6 Å². The number of benzene rings is 2.